The van der Waals surface area contributed by atoms with Gasteiger partial charge < -0.3 is 24.3 Å². The van der Waals surface area contributed by atoms with E-state index in [-0.39, 0.29) is 36.2 Å². The molecule has 1 aliphatic rings. The molecule has 0 radical (unpaired) electrons. The number of nitrogens with one attached hydrogen (secondary N) is 1. The highest BCUT2D eigenvalue weighted by molar-refractivity contribution is 8.44. The predicted molar refractivity (Wildman–Crippen MR) is 156 cm³/mol. The van der Waals surface area contributed by atoms with E-state index in [4.69, 9.17) is 40.4 Å². The normalized spacial score (nSPS) is 22.1. The third kappa shape index (κ3) is 6.59. The number of nitrogen functional groups attached to an aromatic ring is 1. The van der Waals surface area contributed by atoms with Crippen molar-refractivity contribution in [3.63, 3.8) is 0 Å². The van der Waals surface area contributed by atoms with Crippen LogP contribution in [0.4, 0.5) is 15.1 Å². The Balaban J connectivity index is 1.42. The first-order valence-electron chi connectivity index (χ1n) is 11.8. The Labute approximate surface area is 253 Å². The summed E-state index contributed by atoms with van der Waals surface area (Å²) in [5.41, 5.74) is 5.74. The zero-order valence-corrected chi connectivity index (χ0v) is 25.7. The fourth-order valence-corrected chi connectivity index (χ4v) is 5.99. The van der Waals surface area contributed by atoms with Crippen LogP contribution in [0.1, 0.15) is 12.1 Å². The summed E-state index contributed by atoms with van der Waals surface area (Å²) in [5.74, 6) is 0.0461. The zero-order chi connectivity index (χ0) is 30.2. The van der Waals surface area contributed by atoms with Gasteiger partial charge >= 0.3 is 12.1 Å². The molecule has 226 valence electrons. The lowest BCUT2D eigenvalue weighted by atomic mass is 10.1. The molecule has 0 aliphatic carbocycles. The second kappa shape index (κ2) is 12.7. The van der Waals surface area contributed by atoms with E-state index in [2.05, 4.69) is 59.3 Å². The van der Waals surface area contributed by atoms with Crippen LogP contribution in [0.2, 0.25) is 5.02 Å². The molecule has 2 unspecified atom stereocenters. The second-order valence-electron chi connectivity index (χ2n) is 8.72. The van der Waals surface area contributed by atoms with Gasteiger partial charge in [-0.05, 0) is 6.07 Å². The van der Waals surface area contributed by atoms with Crippen LogP contribution in [0.5, 0.6) is 0 Å². The van der Waals surface area contributed by atoms with Crippen LogP contribution in [-0.4, -0.2) is 70.9 Å². The first kappa shape index (κ1) is 31.1. The Bertz CT molecular complexity index is 1740. The summed E-state index contributed by atoms with van der Waals surface area (Å²) in [7, 11) is 2.13. The summed E-state index contributed by atoms with van der Waals surface area (Å²) >= 11 is 13.6. The van der Waals surface area contributed by atoms with E-state index in [9.17, 15) is 14.2 Å². The molecule has 1 aliphatic heterocycles. The van der Waals surface area contributed by atoms with Gasteiger partial charge in [-0.25, -0.2) is 28.7 Å². The van der Waals surface area contributed by atoms with E-state index in [1.165, 1.54) is 10.8 Å². The molecule has 0 bridgehead atoms. The van der Waals surface area contributed by atoms with Gasteiger partial charge in [-0.1, -0.05) is 36.5 Å². The van der Waals surface area contributed by atoms with Gasteiger partial charge in [0.15, 0.2) is 29.2 Å². The van der Waals surface area contributed by atoms with Crippen molar-refractivity contribution in [2.24, 2.45) is 0 Å². The lowest BCUT2D eigenvalue weighted by molar-refractivity contribution is -0.0469. The first-order chi connectivity index (χ1) is 20.0. The minimum atomic E-state index is -4.36. The van der Waals surface area contributed by atoms with Crippen LogP contribution >= 0.6 is 52.7 Å². The smallest absolute Gasteiger partial charge is 0.387 e. The molecule has 0 saturated carbocycles. The van der Waals surface area contributed by atoms with Crippen LogP contribution in [0.3, 0.4) is 0 Å². The third-order valence-corrected chi connectivity index (χ3v) is 8.20. The second-order valence-corrected chi connectivity index (χ2v) is 12.7. The number of hydrogen-bond donors (Lipinski definition) is 4. The van der Waals surface area contributed by atoms with Crippen LogP contribution in [0.25, 0.3) is 22.3 Å². The number of thiol groups is 2. The average molecular weight is 683 g/mol. The molecule has 3 N–H and O–H groups in total. The van der Waals surface area contributed by atoms with E-state index in [0.29, 0.717) is 22.7 Å². The fourth-order valence-electron chi connectivity index (χ4n) is 4.29. The number of alkyl halides is 1. The SMILES string of the molecule is Nc1nc2c(ncn2[C@@H]2O[C@H](COC(=O)S)[C@@H](F)[C@H]2OP(=O)(S)OCc2nc3cc(Cl)cnc3n2CCOP)c(=O)[nH]1. The Morgan fingerprint density at radius 3 is 2.86 bits per heavy atom. The number of aromatic nitrogens is 7. The number of anilines is 1. The molecule has 16 nitrogen and oxygen atoms in total. The average Bonchev–Trinajstić information content (AvgIpc) is 3.58. The molecule has 6 atom stereocenters. The van der Waals surface area contributed by atoms with E-state index < -0.39 is 48.9 Å². The zero-order valence-electron chi connectivity index (χ0n) is 21.1. The highest BCUT2D eigenvalue weighted by Crippen LogP contribution is 2.57. The Kier molecular flexibility index (Phi) is 9.42. The maximum absolute atomic E-state index is 15.7. The van der Waals surface area contributed by atoms with Gasteiger partial charge in [-0.3, -0.25) is 23.4 Å². The molecule has 1 fully saturated rings. The maximum atomic E-state index is 15.7. The third-order valence-electron chi connectivity index (χ3n) is 6.04. The summed E-state index contributed by atoms with van der Waals surface area (Å²) in [6.07, 6.45) is -3.92. The number of nitrogens with two attached hydrogens (primary N) is 1. The van der Waals surface area contributed by atoms with Crippen molar-refractivity contribution in [1.82, 2.24) is 34.1 Å². The Morgan fingerprint density at radius 1 is 1.33 bits per heavy atom. The lowest BCUT2D eigenvalue weighted by Crippen LogP contribution is -2.32. The molecule has 0 spiro atoms. The number of rotatable bonds is 11. The number of ether oxygens (including phenoxy) is 2. The van der Waals surface area contributed by atoms with Gasteiger partial charge in [-0.2, -0.15) is 4.98 Å². The molecular weight excluding hydrogens is 661 g/mol. The molecule has 5 rings (SSSR count). The van der Waals surface area contributed by atoms with Crippen molar-refractivity contribution in [3.05, 3.63) is 39.8 Å². The number of carbonyl (C=O) groups excluding carboxylic acids is 1. The monoisotopic (exact) mass is 682 g/mol. The van der Waals surface area contributed by atoms with Crippen molar-refractivity contribution in [2.75, 3.05) is 18.9 Å². The van der Waals surface area contributed by atoms with Crippen LogP contribution in [-0.2, 0) is 40.8 Å². The van der Waals surface area contributed by atoms with Crippen molar-refractivity contribution in [3.8, 4) is 0 Å². The number of imidazole rings is 2. The van der Waals surface area contributed by atoms with Crippen LogP contribution in [0, 0.1) is 0 Å². The summed E-state index contributed by atoms with van der Waals surface area (Å²) in [6, 6.07) is 1.59. The van der Waals surface area contributed by atoms with Gasteiger partial charge in [0.1, 0.15) is 36.8 Å². The minimum absolute atomic E-state index is 0.0695. The Hall–Kier alpha value is -2.34. The lowest BCUT2D eigenvalue weighted by Gasteiger charge is -2.24. The number of fused-ring (bicyclic) bond motifs is 2. The number of aromatic amines is 1. The molecule has 5 heterocycles. The quantitative estimate of drug-likeness (QED) is 0.102. The number of pyridine rings is 1. The maximum Gasteiger partial charge on any atom is 0.387 e. The largest absolute Gasteiger partial charge is 0.455 e. The van der Waals surface area contributed by atoms with Crippen molar-refractivity contribution in [2.45, 2.75) is 37.8 Å². The summed E-state index contributed by atoms with van der Waals surface area (Å²) in [5, 5.41) is -0.621. The van der Waals surface area contributed by atoms with Crippen molar-refractivity contribution < 1.29 is 36.8 Å². The molecule has 0 amide bonds. The van der Waals surface area contributed by atoms with Gasteiger partial charge in [0.05, 0.1) is 18.0 Å². The number of H-pyrrole nitrogens is 1. The van der Waals surface area contributed by atoms with Crippen LogP contribution in [0.15, 0.2) is 23.4 Å². The summed E-state index contributed by atoms with van der Waals surface area (Å²) < 4.78 is 58.6. The highest BCUT2D eigenvalue weighted by Gasteiger charge is 2.50. The fraction of sp³-hybridized carbons (Fsp3) is 0.400. The van der Waals surface area contributed by atoms with Crippen LogP contribution < -0.4 is 11.3 Å². The molecule has 4 aromatic heterocycles. The topological polar surface area (TPSA) is 201 Å². The molecule has 1 saturated heterocycles. The number of carbonyl (C=O) groups is 1. The predicted octanol–water partition coefficient (Wildman–Crippen LogP) is 2.85. The van der Waals surface area contributed by atoms with Gasteiger partial charge in [0, 0.05) is 22.2 Å². The standard InChI is InChI=1S/C20H22ClFN8O8P2S2/c21-8-3-9-15(24-4-8)29(1-2-35-39)11(26-9)6-36-40(33,42)38-14-12(22)10(5-34-20(32)41)37-18(14)30-7-25-13-16(30)27-19(23)28-17(13)31/h3-4,7,10,12,14,18H,1-2,5-6,39H2,(H,32,41)(H,33,42)(H3,23,27,28,31)/t10-,12-,14-,18-,40?/m1/s1. The van der Waals surface area contributed by atoms with Gasteiger partial charge in [0.25, 0.3) is 5.56 Å². The minimum Gasteiger partial charge on any atom is -0.455 e. The highest BCUT2D eigenvalue weighted by atomic mass is 35.5. The van der Waals surface area contributed by atoms with E-state index in [0.717, 1.165) is 6.33 Å². The van der Waals surface area contributed by atoms with Crippen molar-refractivity contribution in [1.29, 1.82) is 0 Å². The molecule has 42 heavy (non-hydrogen) atoms. The summed E-state index contributed by atoms with van der Waals surface area (Å²) in [4.78, 5) is 42.5. The molecule has 22 heteroatoms. The van der Waals surface area contributed by atoms with E-state index in [1.54, 1.807) is 10.6 Å². The number of hydrogen-bond acceptors (Lipinski definition) is 13. The van der Waals surface area contributed by atoms with E-state index in [1.807, 2.05) is 0 Å². The van der Waals surface area contributed by atoms with E-state index >= 15 is 4.39 Å². The number of nitrogens with zero attached hydrogens (tertiary/aromatic N) is 6. The van der Waals surface area contributed by atoms with Gasteiger partial charge in [0.2, 0.25) is 5.95 Å². The molecule has 4 aromatic rings. The van der Waals surface area contributed by atoms with Crippen molar-refractivity contribution >= 4 is 86.3 Å². The Morgan fingerprint density at radius 2 is 2.12 bits per heavy atom. The molecular formula is C20H22ClFN8O8P2S2. The van der Waals surface area contributed by atoms with Gasteiger partial charge in [-0.15, -0.1) is 0 Å². The number of halogens is 2. The summed E-state index contributed by atoms with van der Waals surface area (Å²) in [6.45, 7) is -4.72. The molecule has 0 aromatic carbocycles. The first-order valence-corrected chi connectivity index (χ1v) is 15.8.